The molecule has 0 aliphatic carbocycles. The summed E-state index contributed by atoms with van der Waals surface area (Å²) in [6.07, 6.45) is 1.78. The summed E-state index contributed by atoms with van der Waals surface area (Å²) in [6, 6.07) is 7.91. The minimum Gasteiger partial charge on any atom is -0.481 e. The Balaban J connectivity index is 1.85. The van der Waals surface area contributed by atoms with Crippen LogP contribution in [0.1, 0.15) is 21.6 Å². The lowest BCUT2D eigenvalue weighted by molar-refractivity contribution is -0.136. The Bertz CT molecular complexity index is 563. The van der Waals surface area contributed by atoms with Crippen LogP contribution in [-0.4, -0.2) is 36.6 Å². The van der Waals surface area contributed by atoms with Gasteiger partial charge in [0, 0.05) is 22.8 Å². The normalized spacial score (nSPS) is 12.7. The van der Waals surface area contributed by atoms with Gasteiger partial charge in [-0.2, -0.15) is 0 Å². The quantitative estimate of drug-likeness (QED) is 0.784. The molecule has 1 unspecified atom stereocenters. The minimum atomic E-state index is -0.790. The monoisotopic (exact) mass is 308 g/mol. The Morgan fingerprint density at radius 3 is 2.76 bits per heavy atom. The fourth-order valence-corrected chi connectivity index (χ4v) is 3.09. The van der Waals surface area contributed by atoms with Gasteiger partial charge in [0.2, 0.25) is 0 Å². The standard InChI is InChI=1S/C15H20N2O3S/c1-17(2)13(14-4-3-7-20-14)10-16-9-12-6-5-11(21-12)8-15(18)19/h3-7,13,16H,8-10H2,1-2H3,(H,18,19). The van der Waals surface area contributed by atoms with Gasteiger partial charge in [-0.05, 0) is 38.4 Å². The number of thiophene rings is 1. The van der Waals surface area contributed by atoms with Gasteiger partial charge in [0.25, 0.3) is 0 Å². The van der Waals surface area contributed by atoms with Crippen molar-refractivity contribution in [2.24, 2.45) is 0 Å². The van der Waals surface area contributed by atoms with Gasteiger partial charge >= 0.3 is 5.97 Å². The van der Waals surface area contributed by atoms with Crippen molar-refractivity contribution in [2.75, 3.05) is 20.6 Å². The SMILES string of the molecule is CN(C)C(CNCc1ccc(CC(=O)O)s1)c1ccco1. The number of hydrogen-bond donors (Lipinski definition) is 2. The predicted octanol–water partition coefficient (Wildman–Crippen LogP) is 2.36. The van der Waals surface area contributed by atoms with Crippen LogP contribution >= 0.6 is 11.3 Å². The van der Waals surface area contributed by atoms with Crippen LogP contribution in [0.3, 0.4) is 0 Å². The second-order valence-corrected chi connectivity index (χ2v) is 6.32. The Kier molecular flexibility index (Phi) is 5.55. The number of nitrogens with one attached hydrogen (secondary N) is 1. The number of carbonyl (C=O) groups is 1. The van der Waals surface area contributed by atoms with Crippen LogP contribution < -0.4 is 5.32 Å². The van der Waals surface area contributed by atoms with Crippen molar-refractivity contribution in [1.29, 1.82) is 0 Å². The molecule has 0 bridgehead atoms. The van der Waals surface area contributed by atoms with E-state index in [1.54, 1.807) is 6.26 Å². The van der Waals surface area contributed by atoms with Crippen LogP contribution in [0.5, 0.6) is 0 Å². The lowest BCUT2D eigenvalue weighted by Crippen LogP contribution is -2.30. The molecule has 0 aliphatic rings. The summed E-state index contributed by atoms with van der Waals surface area (Å²) in [5.41, 5.74) is 0. The minimum absolute atomic E-state index is 0.0946. The maximum atomic E-state index is 10.7. The summed E-state index contributed by atoms with van der Waals surface area (Å²) >= 11 is 1.54. The zero-order chi connectivity index (χ0) is 15.2. The smallest absolute Gasteiger partial charge is 0.308 e. The van der Waals surface area contributed by atoms with E-state index in [1.807, 2.05) is 38.4 Å². The van der Waals surface area contributed by atoms with Crippen LogP contribution in [0.4, 0.5) is 0 Å². The van der Waals surface area contributed by atoms with Crippen molar-refractivity contribution in [1.82, 2.24) is 10.2 Å². The van der Waals surface area contributed by atoms with E-state index < -0.39 is 5.97 Å². The third-order valence-electron chi connectivity index (χ3n) is 3.17. The van der Waals surface area contributed by atoms with Gasteiger partial charge in [0.1, 0.15) is 5.76 Å². The zero-order valence-electron chi connectivity index (χ0n) is 12.2. The van der Waals surface area contributed by atoms with Crippen LogP contribution in [0.2, 0.25) is 0 Å². The van der Waals surface area contributed by atoms with Crippen LogP contribution in [0.25, 0.3) is 0 Å². The molecule has 21 heavy (non-hydrogen) atoms. The van der Waals surface area contributed by atoms with Gasteiger partial charge in [0.05, 0.1) is 18.7 Å². The van der Waals surface area contributed by atoms with Gasteiger partial charge in [0.15, 0.2) is 0 Å². The van der Waals surface area contributed by atoms with E-state index in [9.17, 15) is 4.79 Å². The van der Waals surface area contributed by atoms with Gasteiger partial charge < -0.3 is 14.8 Å². The molecule has 2 aromatic heterocycles. The second kappa shape index (κ2) is 7.40. The van der Waals surface area contributed by atoms with Crippen molar-refractivity contribution in [3.8, 4) is 0 Å². The summed E-state index contributed by atoms with van der Waals surface area (Å²) in [4.78, 5) is 14.8. The van der Waals surface area contributed by atoms with Crippen molar-refractivity contribution < 1.29 is 14.3 Å². The molecule has 1 atom stereocenters. The first-order valence-electron chi connectivity index (χ1n) is 6.76. The summed E-state index contributed by atoms with van der Waals surface area (Å²) in [6.45, 7) is 1.50. The van der Waals surface area contributed by atoms with Crippen molar-refractivity contribution >= 4 is 17.3 Å². The van der Waals surface area contributed by atoms with E-state index in [2.05, 4.69) is 10.2 Å². The molecule has 0 saturated carbocycles. The molecule has 0 aromatic carbocycles. The van der Waals surface area contributed by atoms with E-state index in [0.717, 1.165) is 28.6 Å². The number of nitrogens with zero attached hydrogens (tertiary/aromatic N) is 1. The largest absolute Gasteiger partial charge is 0.481 e. The van der Waals surface area contributed by atoms with Crippen LogP contribution in [-0.2, 0) is 17.8 Å². The number of aliphatic carboxylic acids is 1. The van der Waals surface area contributed by atoms with E-state index in [4.69, 9.17) is 9.52 Å². The first kappa shape index (κ1) is 15.8. The molecule has 0 amide bonds. The average molecular weight is 308 g/mol. The van der Waals surface area contributed by atoms with Gasteiger partial charge in [-0.3, -0.25) is 9.69 Å². The third-order valence-corrected chi connectivity index (χ3v) is 4.26. The third kappa shape index (κ3) is 4.70. The van der Waals surface area contributed by atoms with Gasteiger partial charge in [-0.15, -0.1) is 11.3 Å². The number of likely N-dealkylation sites (N-methyl/N-ethyl adjacent to an activating group) is 1. The summed E-state index contributed by atoms with van der Waals surface area (Å²) in [7, 11) is 4.04. The molecular weight excluding hydrogens is 288 g/mol. The summed E-state index contributed by atoms with van der Waals surface area (Å²) < 4.78 is 5.46. The average Bonchev–Trinajstić information content (AvgIpc) is 3.05. The number of carboxylic acid groups (broad SMARTS) is 1. The van der Waals surface area contributed by atoms with Crippen LogP contribution in [0, 0.1) is 0 Å². The lowest BCUT2D eigenvalue weighted by Gasteiger charge is -2.22. The van der Waals surface area contributed by atoms with E-state index in [-0.39, 0.29) is 12.5 Å². The van der Waals surface area contributed by atoms with E-state index in [0.29, 0.717) is 0 Å². The summed E-state index contributed by atoms with van der Waals surface area (Å²) in [5, 5.41) is 12.2. The molecule has 0 radical (unpaired) electrons. The zero-order valence-corrected chi connectivity index (χ0v) is 13.0. The van der Waals surface area contributed by atoms with E-state index >= 15 is 0 Å². The molecule has 0 fully saturated rings. The van der Waals surface area contributed by atoms with Crippen molar-refractivity contribution in [3.63, 3.8) is 0 Å². The summed E-state index contributed by atoms with van der Waals surface area (Å²) in [5.74, 6) is 0.145. The first-order valence-corrected chi connectivity index (χ1v) is 7.58. The van der Waals surface area contributed by atoms with Crippen LogP contribution in [0.15, 0.2) is 34.9 Å². The molecule has 114 valence electrons. The fourth-order valence-electron chi connectivity index (χ4n) is 2.11. The number of carboxylic acids is 1. The maximum Gasteiger partial charge on any atom is 0.308 e. The second-order valence-electron chi connectivity index (χ2n) is 5.06. The fraction of sp³-hybridized carbons (Fsp3) is 0.400. The molecule has 2 N–H and O–H groups in total. The lowest BCUT2D eigenvalue weighted by atomic mass is 10.2. The molecule has 0 spiro atoms. The number of hydrogen-bond acceptors (Lipinski definition) is 5. The van der Waals surface area contributed by atoms with E-state index in [1.165, 1.54) is 11.3 Å². The molecule has 2 rings (SSSR count). The van der Waals surface area contributed by atoms with Crippen molar-refractivity contribution in [3.05, 3.63) is 46.0 Å². The molecule has 5 nitrogen and oxygen atoms in total. The van der Waals surface area contributed by atoms with Gasteiger partial charge in [-0.1, -0.05) is 0 Å². The maximum absolute atomic E-state index is 10.7. The highest BCUT2D eigenvalue weighted by Crippen LogP contribution is 2.19. The molecule has 6 heteroatoms. The molecule has 2 aromatic rings. The molecule has 0 saturated heterocycles. The first-order chi connectivity index (χ1) is 10.1. The Labute approximate surface area is 128 Å². The highest BCUT2D eigenvalue weighted by atomic mass is 32.1. The Hall–Kier alpha value is -1.63. The number of rotatable bonds is 8. The molecule has 2 heterocycles. The Morgan fingerprint density at radius 2 is 2.14 bits per heavy atom. The predicted molar refractivity (Wildman–Crippen MR) is 82.5 cm³/mol. The topological polar surface area (TPSA) is 65.7 Å². The molecular formula is C15H20N2O3S. The highest BCUT2D eigenvalue weighted by Gasteiger charge is 2.16. The molecule has 0 aliphatic heterocycles. The Morgan fingerprint density at radius 1 is 1.38 bits per heavy atom. The van der Waals surface area contributed by atoms with Crippen molar-refractivity contribution in [2.45, 2.75) is 19.0 Å². The highest BCUT2D eigenvalue weighted by molar-refractivity contribution is 7.12. The number of furan rings is 1. The van der Waals surface area contributed by atoms with Gasteiger partial charge in [-0.25, -0.2) is 0 Å².